The maximum Gasteiger partial charge on any atom is 0.360 e. The summed E-state index contributed by atoms with van der Waals surface area (Å²) in [5.41, 5.74) is 2.08. The summed E-state index contributed by atoms with van der Waals surface area (Å²) < 4.78 is 6.39. The van der Waals surface area contributed by atoms with Gasteiger partial charge in [-0.1, -0.05) is 35.9 Å². The van der Waals surface area contributed by atoms with Gasteiger partial charge in [0.2, 0.25) is 0 Å². The lowest BCUT2D eigenvalue weighted by Crippen LogP contribution is -2.09. The number of ether oxygens (including phenoxy) is 1. The van der Waals surface area contributed by atoms with Gasteiger partial charge in [0.1, 0.15) is 0 Å². The van der Waals surface area contributed by atoms with Crippen LogP contribution in [-0.4, -0.2) is 28.1 Å². The minimum absolute atomic E-state index is 0.277. The fourth-order valence-electron chi connectivity index (χ4n) is 1.83. The maximum atomic E-state index is 11.5. The van der Waals surface area contributed by atoms with E-state index in [-0.39, 0.29) is 5.69 Å². The number of hydrogen-bond acceptors (Lipinski definition) is 4. The highest BCUT2D eigenvalue weighted by atomic mass is 35.5. The second-order valence-electron chi connectivity index (χ2n) is 4.01. The van der Waals surface area contributed by atoms with Crippen molar-refractivity contribution >= 4 is 17.6 Å². The molecule has 0 aliphatic carbocycles. The fourth-order valence-corrected chi connectivity index (χ4v) is 1.95. The fraction of sp³-hybridized carbons (Fsp3) is 0.308. The molecule has 2 rings (SSSR count). The van der Waals surface area contributed by atoms with E-state index in [1.165, 1.54) is 7.11 Å². The van der Waals surface area contributed by atoms with Gasteiger partial charge >= 0.3 is 5.97 Å². The molecule has 5 nitrogen and oxygen atoms in total. The molecule has 0 aliphatic rings. The number of hydrogen-bond donors (Lipinski definition) is 0. The van der Waals surface area contributed by atoms with Crippen LogP contribution in [0.15, 0.2) is 24.3 Å². The third-order valence-electron chi connectivity index (χ3n) is 2.80. The summed E-state index contributed by atoms with van der Waals surface area (Å²) in [6.45, 7) is 2.49. The smallest absolute Gasteiger partial charge is 0.360 e. The van der Waals surface area contributed by atoms with Crippen LogP contribution in [0.1, 0.15) is 28.7 Å². The van der Waals surface area contributed by atoms with Crippen LogP contribution >= 0.6 is 11.6 Å². The van der Waals surface area contributed by atoms with Crippen LogP contribution in [-0.2, 0) is 17.7 Å². The molecule has 0 unspecified atom stereocenters. The first-order valence-corrected chi connectivity index (χ1v) is 6.28. The Morgan fingerprint density at radius 3 is 2.63 bits per heavy atom. The van der Waals surface area contributed by atoms with E-state index in [4.69, 9.17) is 11.6 Å². The Bertz CT molecular complexity index is 578. The van der Waals surface area contributed by atoms with E-state index >= 15 is 0 Å². The van der Waals surface area contributed by atoms with E-state index in [9.17, 15) is 4.79 Å². The zero-order valence-electron chi connectivity index (χ0n) is 10.8. The van der Waals surface area contributed by atoms with Gasteiger partial charge in [-0.05, 0) is 24.1 Å². The molecule has 0 saturated heterocycles. The van der Waals surface area contributed by atoms with Crippen molar-refractivity contribution in [1.82, 2.24) is 15.0 Å². The quantitative estimate of drug-likeness (QED) is 0.806. The second kappa shape index (κ2) is 5.84. The number of rotatable bonds is 4. The lowest BCUT2D eigenvalue weighted by molar-refractivity contribution is 0.0592. The number of benzene rings is 1. The van der Waals surface area contributed by atoms with Gasteiger partial charge in [-0.3, -0.25) is 0 Å². The van der Waals surface area contributed by atoms with Crippen LogP contribution in [0.3, 0.4) is 0 Å². The molecule has 1 heterocycles. The van der Waals surface area contributed by atoms with Crippen molar-refractivity contribution in [2.75, 3.05) is 7.11 Å². The van der Waals surface area contributed by atoms with Gasteiger partial charge in [0.15, 0.2) is 5.69 Å². The average molecular weight is 280 g/mol. The maximum absolute atomic E-state index is 11.5. The summed E-state index contributed by atoms with van der Waals surface area (Å²) in [5.74, 6) is -0.459. The summed E-state index contributed by atoms with van der Waals surface area (Å²) in [7, 11) is 1.33. The summed E-state index contributed by atoms with van der Waals surface area (Å²) in [6, 6.07) is 7.48. The monoisotopic (exact) mass is 279 g/mol. The molecule has 0 N–H and O–H groups in total. The number of methoxy groups -OCH3 is 1. The van der Waals surface area contributed by atoms with Crippen LogP contribution in [0.25, 0.3) is 0 Å². The van der Waals surface area contributed by atoms with Crippen molar-refractivity contribution in [3.05, 3.63) is 46.2 Å². The van der Waals surface area contributed by atoms with Gasteiger partial charge < -0.3 is 4.74 Å². The lowest BCUT2D eigenvalue weighted by atomic mass is 10.2. The molecule has 1 aromatic heterocycles. The van der Waals surface area contributed by atoms with Crippen molar-refractivity contribution < 1.29 is 9.53 Å². The molecule has 0 fully saturated rings. The molecule has 0 atom stereocenters. The first-order valence-electron chi connectivity index (χ1n) is 5.90. The second-order valence-corrected chi connectivity index (χ2v) is 4.45. The van der Waals surface area contributed by atoms with Crippen molar-refractivity contribution in [1.29, 1.82) is 0 Å². The van der Waals surface area contributed by atoms with Gasteiger partial charge in [0.05, 0.1) is 19.3 Å². The van der Waals surface area contributed by atoms with Crippen molar-refractivity contribution in [3.63, 3.8) is 0 Å². The predicted octanol–water partition coefficient (Wildman–Crippen LogP) is 2.33. The highest BCUT2D eigenvalue weighted by molar-refractivity contribution is 6.30. The lowest BCUT2D eigenvalue weighted by Gasteiger charge is -2.05. The average Bonchev–Trinajstić information content (AvgIpc) is 2.83. The highest BCUT2D eigenvalue weighted by Gasteiger charge is 2.18. The SMILES string of the molecule is CCc1c(C(=O)OC)nnn1Cc1ccc(Cl)cc1. The van der Waals surface area contributed by atoms with Crippen molar-refractivity contribution in [2.45, 2.75) is 19.9 Å². The number of carbonyl (C=O) groups excluding carboxylic acids is 1. The molecule has 100 valence electrons. The Balaban J connectivity index is 2.28. The zero-order valence-corrected chi connectivity index (χ0v) is 11.5. The Kier molecular flexibility index (Phi) is 4.16. The minimum atomic E-state index is -0.459. The molecule has 1 aromatic carbocycles. The molecule has 0 bridgehead atoms. The minimum Gasteiger partial charge on any atom is -0.464 e. The van der Waals surface area contributed by atoms with Crippen molar-refractivity contribution in [3.8, 4) is 0 Å². The molecule has 2 aromatic rings. The molecule has 0 aliphatic heterocycles. The number of nitrogens with zero attached hydrogens (tertiary/aromatic N) is 3. The first-order chi connectivity index (χ1) is 9.15. The van der Waals surface area contributed by atoms with E-state index in [2.05, 4.69) is 15.0 Å². The first kappa shape index (κ1) is 13.5. The van der Waals surface area contributed by atoms with Crippen LogP contribution in [0.4, 0.5) is 0 Å². The largest absolute Gasteiger partial charge is 0.464 e. The van der Waals surface area contributed by atoms with Crippen LogP contribution in [0.5, 0.6) is 0 Å². The normalized spacial score (nSPS) is 10.5. The molecule has 0 spiro atoms. The third-order valence-corrected chi connectivity index (χ3v) is 3.05. The predicted molar refractivity (Wildman–Crippen MR) is 71.3 cm³/mol. The number of carbonyl (C=O) groups is 1. The number of aromatic nitrogens is 3. The Morgan fingerprint density at radius 2 is 2.05 bits per heavy atom. The summed E-state index contributed by atoms with van der Waals surface area (Å²) >= 11 is 5.84. The Morgan fingerprint density at radius 1 is 1.37 bits per heavy atom. The van der Waals surface area contributed by atoms with Gasteiger partial charge in [-0.2, -0.15) is 0 Å². The summed E-state index contributed by atoms with van der Waals surface area (Å²) in [5, 5.41) is 8.58. The molecular weight excluding hydrogens is 266 g/mol. The summed E-state index contributed by atoms with van der Waals surface area (Å²) in [6.07, 6.45) is 0.658. The van der Waals surface area contributed by atoms with Gasteiger partial charge in [-0.25, -0.2) is 9.48 Å². The highest BCUT2D eigenvalue weighted by Crippen LogP contribution is 2.13. The number of esters is 1. The molecular formula is C13H14ClN3O2. The third kappa shape index (κ3) is 2.93. The topological polar surface area (TPSA) is 57.0 Å². The standard InChI is InChI=1S/C13H14ClN3O2/c1-3-11-12(13(18)19-2)15-16-17(11)8-9-4-6-10(14)7-5-9/h4-7H,3,8H2,1-2H3. The molecule has 6 heteroatoms. The van der Waals surface area contributed by atoms with Crippen molar-refractivity contribution in [2.24, 2.45) is 0 Å². The number of halogens is 1. The van der Waals surface area contributed by atoms with Crippen LogP contribution in [0.2, 0.25) is 5.02 Å². The van der Waals surface area contributed by atoms with E-state index in [0.717, 1.165) is 11.3 Å². The van der Waals surface area contributed by atoms with E-state index < -0.39 is 5.97 Å². The molecule has 0 saturated carbocycles. The molecule has 19 heavy (non-hydrogen) atoms. The van der Waals surface area contributed by atoms with Crippen LogP contribution < -0.4 is 0 Å². The van der Waals surface area contributed by atoms with Gasteiger partial charge in [0.25, 0.3) is 0 Å². The van der Waals surface area contributed by atoms with Gasteiger partial charge in [0, 0.05) is 5.02 Å². The Hall–Kier alpha value is -1.88. The molecule has 0 amide bonds. The van der Waals surface area contributed by atoms with E-state index in [1.807, 2.05) is 31.2 Å². The van der Waals surface area contributed by atoms with Gasteiger partial charge in [-0.15, -0.1) is 5.10 Å². The molecule has 0 radical (unpaired) electrons. The summed E-state index contributed by atoms with van der Waals surface area (Å²) in [4.78, 5) is 11.5. The zero-order chi connectivity index (χ0) is 13.8. The van der Waals surface area contributed by atoms with Crippen LogP contribution in [0, 0.1) is 0 Å². The van der Waals surface area contributed by atoms with E-state index in [0.29, 0.717) is 18.0 Å². The van der Waals surface area contributed by atoms with E-state index in [1.54, 1.807) is 4.68 Å². The Labute approximate surface area is 116 Å².